The van der Waals surface area contributed by atoms with E-state index in [2.05, 4.69) is 19.2 Å². The second-order valence-corrected chi connectivity index (χ2v) is 4.51. The van der Waals surface area contributed by atoms with Gasteiger partial charge in [-0.2, -0.15) is 0 Å². The van der Waals surface area contributed by atoms with Gasteiger partial charge < -0.3 is 11.1 Å². The van der Waals surface area contributed by atoms with Crippen molar-refractivity contribution in [2.24, 2.45) is 17.6 Å². The topological polar surface area (TPSA) is 55.1 Å². The summed E-state index contributed by atoms with van der Waals surface area (Å²) in [5.41, 5.74) is 5.51. The Hall–Kier alpha value is -0.570. The molecule has 0 aromatic rings. The van der Waals surface area contributed by atoms with Crippen LogP contribution in [0.15, 0.2) is 0 Å². The van der Waals surface area contributed by atoms with E-state index >= 15 is 0 Å². The molecule has 3 heteroatoms. The van der Waals surface area contributed by atoms with Gasteiger partial charge >= 0.3 is 0 Å². The van der Waals surface area contributed by atoms with Gasteiger partial charge in [-0.1, -0.05) is 20.3 Å². The SMILES string of the molecule is CCC1CCC(NC(=O)[C@@H](C)N)C1C. The summed E-state index contributed by atoms with van der Waals surface area (Å²) >= 11 is 0. The van der Waals surface area contributed by atoms with E-state index < -0.39 is 0 Å². The fraction of sp³-hybridized carbons (Fsp3) is 0.909. The Kier molecular flexibility index (Phi) is 3.93. The summed E-state index contributed by atoms with van der Waals surface area (Å²) in [5, 5.41) is 3.03. The molecule has 0 saturated heterocycles. The second-order valence-electron chi connectivity index (χ2n) is 4.51. The molecule has 1 aliphatic carbocycles. The van der Waals surface area contributed by atoms with Crippen molar-refractivity contribution in [2.45, 2.75) is 52.1 Å². The molecule has 82 valence electrons. The zero-order valence-corrected chi connectivity index (χ0v) is 9.42. The van der Waals surface area contributed by atoms with Crippen molar-refractivity contribution < 1.29 is 4.79 Å². The maximum Gasteiger partial charge on any atom is 0.236 e. The number of carbonyl (C=O) groups is 1. The van der Waals surface area contributed by atoms with Crippen LogP contribution in [0.1, 0.15) is 40.0 Å². The fourth-order valence-electron chi connectivity index (χ4n) is 2.34. The van der Waals surface area contributed by atoms with Crippen LogP contribution < -0.4 is 11.1 Å². The Morgan fingerprint density at radius 3 is 2.64 bits per heavy atom. The van der Waals surface area contributed by atoms with Gasteiger partial charge in [0.15, 0.2) is 0 Å². The quantitative estimate of drug-likeness (QED) is 0.717. The standard InChI is InChI=1S/C11H22N2O/c1-4-9-5-6-10(7(9)2)13-11(14)8(3)12/h7-10H,4-6,12H2,1-3H3,(H,13,14)/t7?,8-,9?,10?/m1/s1. The fourth-order valence-corrected chi connectivity index (χ4v) is 2.34. The van der Waals surface area contributed by atoms with Crippen molar-refractivity contribution in [3.8, 4) is 0 Å². The number of nitrogens with one attached hydrogen (secondary N) is 1. The van der Waals surface area contributed by atoms with E-state index in [-0.39, 0.29) is 11.9 Å². The highest BCUT2D eigenvalue weighted by Crippen LogP contribution is 2.33. The molecule has 0 bridgehead atoms. The molecule has 0 aromatic carbocycles. The zero-order valence-electron chi connectivity index (χ0n) is 9.42. The summed E-state index contributed by atoms with van der Waals surface area (Å²) < 4.78 is 0. The van der Waals surface area contributed by atoms with Gasteiger partial charge in [-0.25, -0.2) is 0 Å². The highest BCUT2D eigenvalue weighted by atomic mass is 16.2. The average Bonchev–Trinajstić information content (AvgIpc) is 2.47. The molecule has 1 saturated carbocycles. The number of nitrogens with two attached hydrogens (primary N) is 1. The van der Waals surface area contributed by atoms with Crippen molar-refractivity contribution in [1.29, 1.82) is 0 Å². The molecule has 3 nitrogen and oxygen atoms in total. The molecule has 0 spiro atoms. The molecule has 0 heterocycles. The first-order valence-electron chi connectivity index (χ1n) is 5.62. The van der Waals surface area contributed by atoms with Gasteiger partial charge in [0.25, 0.3) is 0 Å². The lowest BCUT2D eigenvalue weighted by Gasteiger charge is -2.21. The summed E-state index contributed by atoms with van der Waals surface area (Å²) in [5.74, 6) is 1.36. The molecule has 14 heavy (non-hydrogen) atoms. The van der Waals surface area contributed by atoms with Crippen molar-refractivity contribution in [3.05, 3.63) is 0 Å². The van der Waals surface area contributed by atoms with E-state index in [9.17, 15) is 4.79 Å². The number of hydrogen-bond donors (Lipinski definition) is 2. The molecule has 1 aliphatic rings. The highest BCUT2D eigenvalue weighted by molar-refractivity contribution is 5.81. The summed E-state index contributed by atoms with van der Waals surface area (Å²) in [6, 6.07) is -0.0404. The molecule has 4 atom stereocenters. The van der Waals surface area contributed by atoms with E-state index in [0.717, 1.165) is 12.3 Å². The monoisotopic (exact) mass is 198 g/mol. The first-order valence-corrected chi connectivity index (χ1v) is 5.62. The molecule has 3 unspecified atom stereocenters. The Bertz CT molecular complexity index is 203. The number of carbonyl (C=O) groups excluding carboxylic acids is 1. The molecule has 3 N–H and O–H groups in total. The Balaban J connectivity index is 2.44. The van der Waals surface area contributed by atoms with Crippen LogP contribution in [0, 0.1) is 11.8 Å². The molecule has 0 aromatic heterocycles. The number of rotatable bonds is 3. The molecule has 1 rings (SSSR count). The first-order chi connectivity index (χ1) is 6.56. The van der Waals surface area contributed by atoms with Crippen LogP contribution >= 0.6 is 0 Å². The first kappa shape index (κ1) is 11.5. The van der Waals surface area contributed by atoms with Crippen LogP contribution in [0.5, 0.6) is 0 Å². The second kappa shape index (κ2) is 4.78. The average molecular weight is 198 g/mol. The summed E-state index contributed by atoms with van der Waals surface area (Å²) in [7, 11) is 0. The Labute approximate surface area is 86.4 Å². The van der Waals surface area contributed by atoms with Crippen molar-refractivity contribution in [3.63, 3.8) is 0 Å². The summed E-state index contributed by atoms with van der Waals surface area (Å²) in [6.45, 7) is 6.18. The maximum atomic E-state index is 11.4. The molecule has 1 amide bonds. The molecule has 0 radical (unpaired) electrons. The summed E-state index contributed by atoms with van der Waals surface area (Å²) in [6.07, 6.45) is 3.56. The zero-order chi connectivity index (χ0) is 10.7. The van der Waals surface area contributed by atoms with Crippen LogP contribution in [0.2, 0.25) is 0 Å². The number of amides is 1. The molecular weight excluding hydrogens is 176 g/mol. The van der Waals surface area contributed by atoms with Crippen LogP contribution in [0.25, 0.3) is 0 Å². The molecule has 1 fully saturated rings. The highest BCUT2D eigenvalue weighted by Gasteiger charge is 2.32. The smallest absolute Gasteiger partial charge is 0.236 e. The van der Waals surface area contributed by atoms with Gasteiger partial charge in [-0.05, 0) is 31.6 Å². The maximum absolute atomic E-state index is 11.4. The van der Waals surface area contributed by atoms with Gasteiger partial charge in [0.2, 0.25) is 5.91 Å². The minimum absolute atomic E-state index is 0.0152. The van der Waals surface area contributed by atoms with Crippen LogP contribution in [-0.4, -0.2) is 18.0 Å². The minimum Gasteiger partial charge on any atom is -0.352 e. The lowest BCUT2D eigenvalue weighted by molar-refractivity contribution is -0.122. The van der Waals surface area contributed by atoms with Gasteiger partial charge in [-0.3, -0.25) is 4.79 Å². The van der Waals surface area contributed by atoms with Crippen LogP contribution in [0.4, 0.5) is 0 Å². The van der Waals surface area contributed by atoms with Crippen molar-refractivity contribution in [2.75, 3.05) is 0 Å². The van der Waals surface area contributed by atoms with Crippen LogP contribution in [-0.2, 0) is 4.79 Å². The third-order valence-electron chi connectivity index (χ3n) is 3.49. The molecule has 0 aliphatic heterocycles. The van der Waals surface area contributed by atoms with E-state index in [4.69, 9.17) is 5.73 Å². The molecular formula is C11H22N2O. The van der Waals surface area contributed by atoms with E-state index in [1.165, 1.54) is 12.8 Å². The van der Waals surface area contributed by atoms with Gasteiger partial charge in [0.1, 0.15) is 0 Å². The minimum atomic E-state index is -0.386. The third kappa shape index (κ3) is 2.47. The van der Waals surface area contributed by atoms with Crippen LogP contribution in [0.3, 0.4) is 0 Å². The van der Waals surface area contributed by atoms with Gasteiger partial charge in [-0.15, -0.1) is 0 Å². The Morgan fingerprint density at radius 2 is 2.21 bits per heavy atom. The van der Waals surface area contributed by atoms with Crippen molar-refractivity contribution >= 4 is 5.91 Å². The lowest BCUT2D eigenvalue weighted by Crippen LogP contribution is -2.45. The third-order valence-corrected chi connectivity index (χ3v) is 3.49. The predicted octanol–water partition coefficient (Wildman–Crippen LogP) is 1.27. The van der Waals surface area contributed by atoms with Crippen molar-refractivity contribution in [1.82, 2.24) is 5.32 Å². The van der Waals surface area contributed by atoms with E-state index in [0.29, 0.717) is 12.0 Å². The summed E-state index contributed by atoms with van der Waals surface area (Å²) in [4.78, 5) is 11.4. The van der Waals surface area contributed by atoms with E-state index in [1.807, 2.05) is 0 Å². The Morgan fingerprint density at radius 1 is 1.57 bits per heavy atom. The number of hydrogen-bond acceptors (Lipinski definition) is 2. The van der Waals surface area contributed by atoms with Gasteiger partial charge in [0.05, 0.1) is 6.04 Å². The predicted molar refractivity (Wildman–Crippen MR) is 57.8 cm³/mol. The lowest BCUT2D eigenvalue weighted by atomic mass is 9.93. The normalized spacial score (nSPS) is 34.1. The van der Waals surface area contributed by atoms with Gasteiger partial charge in [0, 0.05) is 6.04 Å². The largest absolute Gasteiger partial charge is 0.352 e. The van der Waals surface area contributed by atoms with E-state index in [1.54, 1.807) is 6.92 Å².